The molecule has 0 bridgehead atoms. The molecule has 6 heteroatoms. The van der Waals surface area contributed by atoms with Crippen LogP contribution in [0.15, 0.2) is 42.5 Å². The van der Waals surface area contributed by atoms with Crippen molar-refractivity contribution in [1.29, 1.82) is 0 Å². The summed E-state index contributed by atoms with van der Waals surface area (Å²) in [4.78, 5) is 23.1. The van der Waals surface area contributed by atoms with Crippen LogP contribution in [0.1, 0.15) is 27.4 Å². The van der Waals surface area contributed by atoms with E-state index >= 15 is 0 Å². The standard InChI is InChI=1S/C18H18O6/c1-23-15-8-7-11(10-16(15)24-2)9-14(18(21)22)12-5-3-4-6-13(12)17(19)20/h3-8,10,14H,9H2,1-2H3,(H,19,20)(H,21,22)/t14-/m1/s1. The maximum Gasteiger partial charge on any atom is 0.335 e. The van der Waals surface area contributed by atoms with E-state index in [9.17, 15) is 19.8 Å². The van der Waals surface area contributed by atoms with Gasteiger partial charge in [-0.3, -0.25) is 4.79 Å². The van der Waals surface area contributed by atoms with Crippen molar-refractivity contribution in [3.05, 3.63) is 59.2 Å². The van der Waals surface area contributed by atoms with Gasteiger partial charge in [0, 0.05) is 0 Å². The molecule has 126 valence electrons. The molecule has 2 aromatic carbocycles. The SMILES string of the molecule is COc1ccc(C[C@@H](C(=O)O)c2ccccc2C(=O)O)cc1OC. The van der Waals surface area contributed by atoms with Gasteiger partial charge >= 0.3 is 11.9 Å². The third-order valence-corrected chi connectivity index (χ3v) is 3.75. The van der Waals surface area contributed by atoms with Crippen molar-refractivity contribution in [3.8, 4) is 11.5 Å². The van der Waals surface area contributed by atoms with Crippen LogP contribution in [0, 0.1) is 0 Å². The lowest BCUT2D eigenvalue weighted by atomic mass is 9.88. The van der Waals surface area contributed by atoms with Crippen LogP contribution in [0.25, 0.3) is 0 Å². The van der Waals surface area contributed by atoms with Crippen LogP contribution < -0.4 is 9.47 Å². The Bertz CT molecular complexity index is 753. The molecule has 0 spiro atoms. The first-order valence-corrected chi connectivity index (χ1v) is 7.23. The minimum Gasteiger partial charge on any atom is -0.493 e. The lowest BCUT2D eigenvalue weighted by Crippen LogP contribution is -2.18. The van der Waals surface area contributed by atoms with Crippen LogP contribution in [0.2, 0.25) is 0 Å². The number of ether oxygens (including phenoxy) is 2. The summed E-state index contributed by atoms with van der Waals surface area (Å²) < 4.78 is 10.4. The monoisotopic (exact) mass is 330 g/mol. The smallest absolute Gasteiger partial charge is 0.335 e. The Morgan fingerprint density at radius 3 is 2.25 bits per heavy atom. The molecule has 2 rings (SSSR count). The van der Waals surface area contributed by atoms with Crippen molar-refractivity contribution in [3.63, 3.8) is 0 Å². The van der Waals surface area contributed by atoms with Crippen molar-refractivity contribution < 1.29 is 29.3 Å². The van der Waals surface area contributed by atoms with Gasteiger partial charge in [-0.15, -0.1) is 0 Å². The first kappa shape index (κ1) is 17.3. The second-order valence-electron chi connectivity index (χ2n) is 5.18. The number of carboxylic acid groups (broad SMARTS) is 2. The summed E-state index contributed by atoms with van der Waals surface area (Å²) in [6.45, 7) is 0. The summed E-state index contributed by atoms with van der Waals surface area (Å²) in [5, 5.41) is 18.9. The summed E-state index contributed by atoms with van der Waals surface area (Å²) in [5.74, 6) is -2.18. The molecule has 0 aliphatic carbocycles. The molecule has 2 N–H and O–H groups in total. The van der Waals surface area contributed by atoms with Crippen LogP contribution >= 0.6 is 0 Å². The second kappa shape index (κ2) is 7.50. The molecule has 0 aliphatic rings. The van der Waals surface area contributed by atoms with Crippen LogP contribution in [0.4, 0.5) is 0 Å². The number of hydrogen-bond donors (Lipinski definition) is 2. The van der Waals surface area contributed by atoms with E-state index in [1.165, 1.54) is 26.4 Å². The van der Waals surface area contributed by atoms with Gasteiger partial charge in [0.2, 0.25) is 0 Å². The van der Waals surface area contributed by atoms with Crippen LogP contribution in [0.3, 0.4) is 0 Å². The number of carbonyl (C=O) groups is 2. The van der Waals surface area contributed by atoms with E-state index in [0.29, 0.717) is 17.1 Å². The Kier molecular flexibility index (Phi) is 5.42. The van der Waals surface area contributed by atoms with E-state index in [1.54, 1.807) is 30.3 Å². The normalized spacial score (nSPS) is 11.6. The molecule has 0 fully saturated rings. The molecule has 0 aliphatic heterocycles. The van der Waals surface area contributed by atoms with Gasteiger partial charge in [0.25, 0.3) is 0 Å². The predicted octanol–water partition coefficient (Wildman–Crippen LogP) is 2.81. The number of carboxylic acids is 2. The van der Waals surface area contributed by atoms with Crippen molar-refractivity contribution in [2.24, 2.45) is 0 Å². The quantitative estimate of drug-likeness (QED) is 0.811. The highest BCUT2D eigenvalue weighted by molar-refractivity contribution is 5.92. The molecule has 1 atom stereocenters. The summed E-state index contributed by atoms with van der Waals surface area (Å²) in [6.07, 6.45) is 0.139. The maximum absolute atomic E-state index is 11.7. The topological polar surface area (TPSA) is 93.1 Å². The number of aliphatic carboxylic acids is 1. The summed E-state index contributed by atoms with van der Waals surface area (Å²) in [6, 6.07) is 11.3. The summed E-state index contributed by atoms with van der Waals surface area (Å²) >= 11 is 0. The number of aromatic carboxylic acids is 1. The fourth-order valence-corrected chi connectivity index (χ4v) is 2.57. The van der Waals surface area contributed by atoms with Crippen molar-refractivity contribution in [1.82, 2.24) is 0 Å². The maximum atomic E-state index is 11.7. The molecule has 0 aromatic heterocycles. The molecule has 0 amide bonds. The molecule has 0 unspecified atom stereocenters. The van der Waals surface area contributed by atoms with Crippen molar-refractivity contribution in [2.75, 3.05) is 14.2 Å². The van der Waals surface area contributed by atoms with E-state index < -0.39 is 17.9 Å². The zero-order chi connectivity index (χ0) is 17.7. The minimum absolute atomic E-state index is 0.00891. The summed E-state index contributed by atoms with van der Waals surface area (Å²) in [5.41, 5.74) is 0.970. The number of rotatable bonds is 7. The molecular formula is C18H18O6. The summed E-state index contributed by atoms with van der Waals surface area (Å²) in [7, 11) is 3.01. The van der Waals surface area contributed by atoms with Gasteiger partial charge in [-0.1, -0.05) is 24.3 Å². The van der Waals surface area contributed by atoms with Gasteiger partial charge in [-0.25, -0.2) is 4.79 Å². The first-order valence-electron chi connectivity index (χ1n) is 7.23. The van der Waals surface area contributed by atoms with Crippen LogP contribution in [0.5, 0.6) is 11.5 Å². The van der Waals surface area contributed by atoms with Gasteiger partial charge in [-0.2, -0.15) is 0 Å². The molecule has 0 heterocycles. The van der Waals surface area contributed by atoms with E-state index in [2.05, 4.69) is 0 Å². The second-order valence-corrected chi connectivity index (χ2v) is 5.18. The Morgan fingerprint density at radius 2 is 1.67 bits per heavy atom. The minimum atomic E-state index is -1.15. The van der Waals surface area contributed by atoms with Crippen LogP contribution in [-0.2, 0) is 11.2 Å². The third-order valence-electron chi connectivity index (χ3n) is 3.75. The van der Waals surface area contributed by atoms with E-state index in [4.69, 9.17) is 9.47 Å². The van der Waals surface area contributed by atoms with Crippen molar-refractivity contribution >= 4 is 11.9 Å². The number of hydrogen-bond acceptors (Lipinski definition) is 4. The lowest BCUT2D eigenvalue weighted by molar-refractivity contribution is -0.138. The number of benzene rings is 2. The molecule has 0 saturated heterocycles. The number of methoxy groups -OCH3 is 2. The fraction of sp³-hybridized carbons (Fsp3) is 0.222. The molecule has 2 aromatic rings. The van der Waals surface area contributed by atoms with Gasteiger partial charge in [0.05, 0.1) is 25.7 Å². The van der Waals surface area contributed by atoms with Gasteiger partial charge < -0.3 is 19.7 Å². The Morgan fingerprint density at radius 1 is 1.00 bits per heavy atom. The lowest BCUT2D eigenvalue weighted by Gasteiger charge is -2.16. The third kappa shape index (κ3) is 3.65. The van der Waals surface area contributed by atoms with E-state index in [0.717, 1.165) is 0 Å². The molecule has 0 radical (unpaired) electrons. The highest BCUT2D eigenvalue weighted by atomic mass is 16.5. The van der Waals surface area contributed by atoms with Crippen LogP contribution in [-0.4, -0.2) is 36.4 Å². The Hall–Kier alpha value is -3.02. The Labute approximate surface area is 139 Å². The zero-order valence-electron chi connectivity index (χ0n) is 13.4. The average Bonchev–Trinajstić information content (AvgIpc) is 2.59. The van der Waals surface area contributed by atoms with E-state index in [-0.39, 0.29) is 17.5 Å². The molecule has 24 heavy (non-hydrogen) atoms. The van der Waals surface area contributed by atoms with Gasteiger partial charge in [0.1, 0.15) is 0 Å². The Balaban J connectivity index is 2.40. The van der Waals surface area contributed by atoms with Crippen molar-refractivity contribution in [2.45, 2.75) is 12.3 Å². The molecule has 6 nitrogen and oxygen atoms in total. The highest BCUT2D eigenvalue weighted by Gasteiger charge is 2.25. The van der Waals surface area contributed by atoms with Gasteiger partial charge in [0.15, 0.2) is 11.5 Å². The molecular weight excluding hydrogens is 312 g/mol. The van der Waals surface area contributed by atoms with E-state index in [1.807, 2.05) is 0 Å². The largest absolute Gasteiger partial charge is 0.493 e. The average molecular weight is 330 g/mol. The fourth-order valence-electron chi connectivity index (χ4n) is 2.57. The first-order chi connectivity index (χ1) is 11.5. The van der Waals surface area contributed by atoms with Gasteiger partial charge in [-0.05, 0) is 35.7 Å². The highest BCUT2D eigenvalue weighted by Crippen LogP contribution is 2.31. The predicted molar refractivity (Wildman–Crippen MR) is 87.0 cm³/mol. The molecule has 0 saturated carbocycles. The zero-order valence-corrected chi connectivity index (χ0v) is 13.4.